The molecule has 0 radical (unpaired) electrons. The highest BCUT2D eigenvalue weighted by Gasteiger charge is 2.44. The Morgan fingerprint density at radius 2 is 1.54 bits per heavy atom. The van der Waals surface area contributed by atoms with Crippen molar-refractivity contribution in [1.82, 2.24) is 9.55 Å². The molecule has 2 unspecified atom stereocenters. The number of para-hydroxylation sites is 1. The number of halogens is 3. The number of benzene rings is 4. The summed E-state index contributed by atoms with van der Waals surface area (Å²) in [6, 6.07) is 34.4. The lowest BCUT2D eigenvalue weighted by Gasteiger charge is -2.43. The molecule has 2 aliphatic carbocycles. The van der Waals surface area contributed by atoms with Gasteiger partial charge in [-0.05, 0) is 72.4 Å². The second-order valence-corrected chi connectivity index (χ2v) is 13.0. The van der Waals surface area contributed by atoms with Gasteiger partial charge in [-0.25, -0.2) is 4.98 Å². The molecule has 0 saturated heterocycles. The summed E-state index contributed by atoms with van der Waals surface area (Å²) in [5.41, 5.74) is 6.32. The molecule has 8 heteroatoms. The molecular formula is C42H39F3N2O3. The minimum absolute atomic E-state index is 0.241. The van der Waals surface area contributed by atoms with Crippen LogP contribution in [0.25, 0.3) is 0 Å². The second-order valence-electron chi connectivity index (χ2n) is 13.0. The first-order chi connectivity index (χ1) is 24.3. The Bertz CT molecular complexity index is 1930. The Hall–Kier alpha value is -5.08. The Morgan fingerprint density at radius 1 is 0.840 bits per heavy atom. The zero-order valence-electron chi connectivity index (χ0n) is 27.9. The molecule has 50 heavy (non-hydrogen) atoms. The average Bonchev–Trinajstić information content (AvgIpc) is 3.54. The van der Waals surface area contributed by atoms with Gasteiger partial charge in [0.25, 0.3) is 0 Å². The van der Waals surface area contributed by atoms with Gasteiger partial charge in [-0.1, -0.05) is 110 Å². The number of ether oxygens (including phenoxy) is 3. The fourth-order valence-corrected chi connectivity index (χ4v) is 7.40. The van der Waals surface area contributed by atoms with Crippen molar-refractivity contribution in [3.8, 4) is 17.2 Å². The van der Waals surface area contributed by atoms with Crippen LogP contribution >= 0.6 is 0 Å². The first-order valence-electron chi connectivity index (χ1n) is 17.0. The van der Waals surface area contributed by atoms with Crippen molar-refractivity contribution in [2.75, 3.05) is 6.61 Å². The van der Waals surface area contributed by atoms with Crippen LogP contribution in [0.4, 0.5) is 13.2 Å². The van der Waals surface area contributed by atoms with E-state index in [9.17, 15) is 13.2 Å². The zero-order chi connectivity index (χ0) is 34.6. The van der Waals surface area contributed by atoms with E-state index in [0.29, 0.717) is 24.9 Å². The SMILES string of the molecule is CC1CC=CC=C1C(c1ccccc1)(c1ccccc1)n1cnc2c1CC(COCc1ccccc1Oc1cccc(OC(F)(F)F)c1)CC2. The molecule has 2 aliphatic rings. The molecule has 256 valence electrons. The second kappa shape index (κ2) is 14.4. The highest BCUT2D eigenvalue weighted by Crippen LogP contribution is 2.47. The standard InChI is InChI=1S/C42H39F3N2O3/c1-30-13-8-10-21-37(30)41(33-15-4-2-5-16-33,34-17-6-3-7-18-34)47-29-46-38-24-23-31(25-39(38)47)27-48-28-32-14-9-11-22-40(32)49-35-19-12-20-36(26-35)50-42(43,44)45/h2-12,14-22,26,29-31H,13,23-25,27-28H2,1H3. The minimum atomic E-state index is -4.78. The van der Waals surface area contributed by atoms with Crippen LogP contribution in [0.3, 0.4) is 0 Å². The van der Waals surface area contributed by atoms with E-state index in [4.69, 9.17) is 14.5 Å². The van der Waals surface area contributed by atoms with Gasteiger partial charge in [-0.2, -0.15) is 0 Å². The van der Waals surface area contributed by atoms with Crippen molar-refractivity contribution in [3.63, 3.8) is 0 Å². The summed E-state index contributed by atoms with van der Waals surface area (Å²) in [5, 5.41) is 0. The molecule has 0 aliphatic heterocycles. The number of hydrogen-bond donors (Lipinski definition) is 0. The van der Waals surface area contributed by atoms with Gasteiger partial charge >= 0.3 is 6.36 Å². The van der Waals surface area contributed by atoms with E-state index >= 15 is 0 Å². The molecule has 0 spiro atoms. The Morgan fingerprint density at radius 3 is 2.26 bits per heavy atom. The maximum Gasteiger partial charge on any atom is 0.573 e. The van der Waals surface area contributed by atoms with E-state index in [2.05, 4.69) is 95.1 Å². The van der Waals surface area contributed by atoms with Crippen LogP contribution in [0, 0.1) is 11.8 Å². The maximum absolute atomic E-state index is 12.8. The molecule has 0 fully saturated rings. The highest BCUT2D eigenvalue weighted by atomic mass is 19.4. The fraction of sp³-hybridized carbons (Fsp3) is 0.262. The molecule has 0 amide bonds. The van der Waals surface area contributed by atoms with E-state index in [-0.39, 0.29) is 17.4 Å². The number of alkyl halides is 3. The third-order valence-corrected chi connectivity index (χ3v) is 9.67. The van der Waals surface area contributed by atoms with E-state index in [0.717, 1.165) is 36.9 Å². The van der Waals surface area contributed by atoms with Crippen molar-refractivity contribution in [2.24, 2.45) is 11.8 Å². The first-order valence-corrected chi connectivity index (χ1v) is 17.0. The summed E-state index contributed by atoms with van der Waals surface area (Å²) in [4.78, 5) is 5.02. The van der Waals surface area contributed by atoms with Crippen molar-refractivity contribution < 1.29 is 27.4 Å². The summed E-state index contributed by atoms with van der Waals surface area (Å²) in [6.45, 7) is 3.15. The van der Waals surface area contributed by atoms with Crippen molar-refractivity contribution in [3.05, 3.63) is 167 Å². The van der Waals surface area contributed by atoms with Gasteiger partial charge in [0.15, 0.2) is 0 Å². The Balaban J connectivity index is 1.13. The lowest BCUT2D eigenvalue weighted by atomic mass is 9.70. The van der Waals surface area contributed by atoms with Gasteiger partial charge in [0.1, 0.15) is 22.8 Å². The van der Waals surface area contributed by atoms with E-state index in [1.54, 1.807) is 12.1 Å². The first kappa shape index (κ1) is 33.4. The van der Waals surface area contributed by atoms with E-state index in [1.165, 1.54) is 40.6 Å². The van der Waals surface area contributed by atoms with Crippen LogP contribution in [0.1, 0.15) is 47.8 Å². The number of fused-ring (bicyclic) bond motifs is 1. The summed E-state index contributed by atoms with van der Waals surface area (Å²) >= 11 is 0. The number of hydrogen-bond acceptors (Lipinski definition) is 4. The summed E-state index contributed by atoms with van der Waals surface area (Å²) in [7, 11) is 0. The minimum Gasteiger partial charge on any atom is -0.457 e. The number of rotatable bonds is 11. The van der Waals surface area contributed by atoms with Crippen LogP contribution in [0.15, 0.2) is 139 Å². The van der Waals surface area contributed by atoms with Gasteiger partial charge < -0.3 is 18.8 Å². The number of aromatic nitrogens is 2. The zero-order valence-corrected chi connectivity index (χ0v) is 27.9. The number of aryl methyl sites for hydroxylation is 1. The quantitative estimate of drug-likeness (QED) is 0.140. The maximum atomic E-state index is 12.8. The van der Waals surface area contributed by atoms with Gasteiger partial charge in [0.2, 0.25) is 0 Å². The van der Waals surface area contributed by atoms with Crippen molar-refractivity contribution in [1.29, 1.82) is 0 Å². The third-order valence-electron chi connectivity index (χ3n) is 9.67. The van der Waals surface area contributed by atoms with Crippen LogP contribution in [-0.2, 0) is 29.7 Å². The lowest BCUT2D eigenvalue weighted by Crippen LogP contribution is -2.42. The van der Waals surface area contributed by atoms with Crippen LogP contribution in [0.2, 0.25) is 0 Å². The number of nitrogens with zero attached hydrogens (tertiary/aromatic N) is 2. The largest absolute Gasteiger partial charge is 0.573 e. The average molecular weight is 677 g/mol. The summed E-state index contributed by atoms with van der Waals surface area (Å²) in [5.74, 6) is 1.01. The van der Waals surface area contributed by atoms with Crippen LogP contribution in [-0.4, -0.2) is 22.5 Å². The van der Waals surface area contributed by atoms with E-state index < -0.39 is 11.9 Å². The molecular weight excluding hydrogens is 637 g/mol. The molecule has 1 aromatic heterocycles. The Kier molecular flexibility index (Phi) is 9.63. The summed E-state index contributed by atoms with van der Waals surface area (Å²) in [6.07, 6.45) is 7.59. The summed E-state index contributed by atoms with van der Waals surface area (Å²) < 4.78 is 57.1. The van der Waals surface area contributed by atoms with E-state index in [1.807, 2.05) is 24.5 Å². The molecule has 7 rings (SSSR count). The molecule has 4 aromatic carbocycles. The highest BCUT2D eigenvalue weighted by molar-refractivity contribution is 5.52. The van der Waals surface area contributed by atoms with Gasteiger partial charge in [-0.3, -0.25) is 0 Å². The predicted octanol–water partition coefficient (Wildman–Crippen LogP) is 10.2. The topological polar surface area (TPSA) is 45.5 Å². The van der Waals surface area contributed by atoms with Crippen LogP contribution < -0.4 is 9.47 Å². The van der Waals surface area contributed by atoms with Gasteiger partial charge in [0, 0.05) is 17.3 Å². The Labute approximate surface area is 290 Å². The monoisotopic (exact) mass is 676 g/mol. The number of imidazole rings is 1. The van der Waals surface area contributed by atoms with Crippen LogP contribution in [0.5, 0.6) is 17.2 Å². The molecule has 2 atom stereocenters. The van der Waals surface area contributed by atoms with Gasteiger partial charge in [-0.15, -0.1) is 13.2 Å². The molecule has 0 N–H and O–H groups in total. The smallest absolute Gasteiger partial charge is 0.457 e. The van der Waals surface area contributed by atoms with Gasteiger partial charge in [0.05, 0.1) is 25.2 Å². The molecule has 1 heterocycles. The fourth-order valence-electron chi connectivity index (χ4n) is 7.40. The molecule has 0 saturated carbocycles. The normalized spacial score (nSPS) is 17.6. The molecule has 5 aromatic rings. The number of allylic oxidation sites excluding steroid dienone is 4. The lowest BCUT2D eigenvalue weighted by molar-refractivity contribution is -0.274. The molecule has 5 nitrogen and oxygen atoms in total. The third kappa shape index (κ3) is 6.98. The predicted molar refractivity (Wildman–Crippen MR) is 187 cm³/mol. The van der Waals surface area contributed by atoms with Crippen molar-refractivity contribution >= 4 is 0 Å². The van der Waals surface area contributed by atoms with Crippen molar-refractivity contribution in [2.45, 2.75) is 51.1 Å². The molecule has 0 bridgehead atoms.